The topological polar surface area (TPSA) is 94.3 Å². The van der Waals surface area contributed by atoms with Gasteiger partial charge < -0.3 is 10.5 Å². The van der Waals surface area contributed by atoms with Crippen molar-refractivity contribution < 1.29 is 13.2 Å². The second-order valence-corrected chi connectivity index (χ2v) is 6.82. The number of pyridine rings is 1. The number of sulfonamides is 1. The maximum absolute atomic E-state index is 12.4. The number of nitrogens with two attached hydrogens (primary N) is 1. The van der Waals surface area contributed by atoms with Crippen molar-refractivity contribution in [2.45, 2.75) is 11.8 Å². The first kappa shape index (κ1) is 15.6. The van der Waals surface area contributed by atoms with Crippen molar-refractivity contribution in [3.05, 3.63) is 40.6 Å². The zero-order valence-corrected chi connectivity index (χ0v) is 13.8. The fourth-order valence-electron chi connectivity index (χ4n) is 1.66. The lowest BCUT2D eigenvalue weighted by Gasteiger charge is -2.13. The zero-order valence-electron chi connectivity index (χ0n) is 11.4. The number of methoxy groups -OCH3 is 1. The van der Waals surface area contributed by atoms with E-state index in [1.807, 2.05) is 6.92 Å². The molecule has 1 aromatic heterocycles. The van der Waals surface area contributed by atoms with Crippen LogP contribution in [-0.2, 0) is 10.0 Å². The Morgan fingerprint density at radius 2 is 2.05 bits per heavy atom. The maximum Gasteiger partial charge on any atom is 0.265 e. The molecule has 112 valence electrons. The number of nitrogens with zero attached hydrogens (tertiary/aromatic N) is 1. The Balaban J connectivity index is 2.44. The van der Waals surface area contributed by atoms with Crippen LogP contribution in [0.5, 0.6) is 5.75 Å². The third-order valence-corrected chi connectivity index (χ3v) is 4.83. The molecule has 1 heterocycles. The van der Waals surface area contributed by atoms with Gasteiger partial charge in [-0.3, -0.25) is 9.71 Å². The molecule has 0 radical (unpaired) electrons. The molecule has 1 aromatic carbocycles. The highest BCUT2D eigenvalue weighted by molar-refractivity contribution is 9.10. The lowest BCUT2D eigenvalue weighted by atomic mass is 10.3. The number of aromatic nitrogens is 1. The molecule has 0 bridgehead atoms. The number of benzene rings is 1. The number of nitrogens with one attached hydrogen (secondary N) is 1. The van der Waals surface area contributed by atoms with Crippen LogP contribution in [0.1, 0.15) is 5.69 Å². The van der Waals surface area contributed by atoms with Gasteiger partial charge in [-0.15, -0.1) is 0 Å². The summed E-state index contributed by atoms with van der Waals surface area (Å²) in [7, 11) is -2.43. The van der Waals surface area contributed by atoms with Gasteiger partial charge in [0.25, 0.3) is 10.0 Å². The largest absolute Gasteiger partial charge is 0.495 e. The highest BCUT2D eigenvalue weighted by atomic mass is 79.9. The van der Waals surface area contributed by atoms with Crippen LogP contribution < -0.4 is 15.2 Å². The predicted octanol–water partition coefficient (Wildman–Crippen LogP) is 2.54. The molecule has 8 heteroatoms. The molecule has 0 aliphatic rings. The monoisotopic (exact) mass is 371 g/mol. The van der Waals surface area contributed by atoms with Crippen LogP contribution in [0.25, 0.3) is 0 Å². The summed E-state index contributed by atoms with van der Waals surface area (Å²) >= 11 is 3.23. The summed E-state index contributed by atoms with van der Waals surface area (Å²) in [6.45, 7) is 1.82. The van der Waals surface area contributed by atoms with Crippen LogP contribution in [0.3, 0.4) is 0 Å². The van der Waals surface area contributed by atoms with Crippen molar-refractivity contribution in [2.75, 3.05) is 17.6 Å². The molecule has 0 saturated carbocycles. The van der Waals surface area contributed by atoms with E-state index in [2.05, 4.69) is 25.6 Å². The van der Waals surface area contributed by atoms with Gasteiger partial charge >= 0.3 is 0 Å². The molecule has 0 fully saturated rings. The summed E-state index contributed by atoms with van der Waals surface area (Å²) in [6.07, 6.45) is 1.45. The van der Waals surface area contributed by atoms with Crippen molar-refractivity contribution in [1.82, 2.24) is 4.98 Å². The first-order valence-corrected chi connectivity index (χ1v) is 8.19. The van der Waals surface area contributed by atoms with E-state index in [0.717, 1.165) is 5.69 Å². The Labute approximate surface area is 131 Å². The average molecular weight is 372 g/mol. The Bertz CT molecular complexity index is 761. The molecule has 2 rings (SSSR count). The molecule has 0 unspecified atom stereocenters. The average Bonchev–Trinajstić information content (AvgIpc) is 2.43. The standard InChI is InChI=1S/C13H14BrN3O3S/c1-8-3-4-9(7-16-8)17-21(18,19)13-6-11(15)10(14)5-12(13)20-2/h3-7,17H,15H2,1-2H3. The molecule has 0 aliphatic heterocycles. The summed E-state index contributed by atoms with van der Waals surface area (Å²) in [5.74, 6) is 0.198. The summed E-state index contributed by atoms with van der Waals surface area (Å²) in [4.78, 5) is 4.00. The molecule has 6 nitrogen and oxygen atoms in total. The number of aryl methyl sites for hydroxylation is 1. The van der Waals surface area contributed by atoms with Gasteiger partial charge in [0, 0.05) is 15.9 Å². The van der Waals surface area contributed by atoms with Crippen molar-refractivity contribution in [3.63, 3.8) is 0 Å². The molecule has 0 spiro atoms. The van der Waals surface area contributed by atoms with E-state index in [1.54, 1.807) is 12.1 Å². The first-order valence-electron chi connectivity index (χ1n) is 5.92. The molecule has 0 saturated heterocycles. The summed E-state index contributed by atoms with van der Waals surface area (Å²) in [6, 6.07) is 6.20. The first-order chi connectivity index (χ1) is 9.83. The van der Waals surface area contributed by atoms with Crippen molar-refractivity contribution >= 4 is 37.3 Å². The second-order valence-electron chi connectivity index (χ2n) is 4.32. The molecule has 3 N–H and O–H groups in total. The van der Waals surface area contributed by atoms with E-state index in [1.165, 1.54) is 25.4 Å². The highest BCUT2D eigenvalue weighted by Gasteiger charge is 2.21. The molecular formula is C13H14BrN3O3S. The minimum Gasteiger partial charge on any atom is -0.495 e. The minimum atomic E-state index is -3.82. The fraction of sp³-hybridized carbons (Fsp3) is 0.154. The van der Waals surface area contributed by atoms with E-state index in [9.17, 15) is 8.42 Å². The van der Waals surface area contributed by atoms with Gasteiger partial charge in [-0.25, -0.2) is 8.42 Å². The molecule has 0 atom stereocenters. The summed E-state index contributed by atoms with van der Waals surface area (Å²) in [5, 5.41) is 0. The van der Waals surface area contributed by atoms with E-state index in [-0.39, 0.29) is 10.6 Å². The molecule has 21 heavy (non-hydrogen) atoms. The van der Waals surface area contributed by atoms with E-state index in [0.29, 0.717) is 15.8 Å². The van der Waals surface area contributed by atoms with Crippen molar-refractivity contribution in [1.29, 1.82) is 0 Å². The van der Waals surface area contributed by atoms with Crippen LogP contribution in [0, 0.1) is 6.92 Å². The van der Waals surface area contributed by atoms with Gasteiger partial charge in [0.1, 0.15) is 10.6 Å². The number of halogens is 1. The third kappa shape index (κ3) is 3.45. The van der Waals surface area contributed by atoms with E-state index in [4.69, 9.17) is 10.5 Å². The van der Waals surface area contributed by atoms with Crippen molar-refractivity contribution in [2.24, 2.45) is 0 Å². The van der Waals surface area contributed by atoms with Gasteiger partial charge in [0.2, 0.25) is 0 Å². The Morgan fingerprint density at radius 3 is 2.62 bits per heavy atom. The Hall–Kier alpha value is -1.80. The fourth-order valence-corrected chi connectivity index (χ4v) is 3.21. The van der Waals surface area contributed by atoms with E-state index >= 15 is 0 Å². The smallest absolute Gasteiger partial charge is 0.265 e. The Morgan fingerprint density at radius 1 is 1.33 bits per heavy atom. The number of anilines is 2. The van der Waals surface area contributed by atoms with E-state index < -0.39 is 10.0 Å². The SMILES string of the molecule is COc1cc(Br)c(N)cc1S(=O)(=O)Nc1ccc(C)nc1. The maximum atomic E-state index is 12.4. The molecule has 0 amide bonds. The third-order valence-electron chi connectivity index (χ3n) is 2.74. The Kier molecular flexibility index (Phi) is 4.38. The van der Waals surface area contributed by atoms with Gasteiger partial charge in [-0.1, -0.05) is 0 Å². The van der Waals surface area contributed by atoms with Crippen LogP contribution >= 0.6 is 15.9 Å². The quantitative estimate of drug-likeness (QED) is 0.805. The lowest BCUT2D eigenvalue weighted by molar-refractivity contribution is 0.402. The van der Waals surface area contributed by atoms with Gasteiger partial charge in [-0.2, -0.15) is 0 Å². The van der Waals surface area contributed by atoms with Crippen LogP contribution in [0.2, 0.25) is 0 Å². The lowest BCUT2D eigenvalue weighted by Crippen LogP contribution is -2.14. The van der Waals surface area contributed by atoms with Crippen LogP contribution in [-0.4, -0.2) is 20.5 Å². The van der Waals surface area contributed by atoms with Gasteiger partial charge in [0.05, 0.1) is 19.0 Å². The van der Waals surface area contributed by atoms with Gasteiger partial charge in [0.15, 0.2) is 0 Å². The summed E-state index contributed by atoms with van der Waals surface area (Å²) < 4.78 is 33.0. The molecule has 2 aromatic rings. The number of nitrogen functional groups attached to an aromatic ring is 1. The van der Waals surface area contributed by atoms with Gasteiger partial charge in [-0.05, 0) is 47.1 Å². The number of hydrogen-bond donors (Lipinski definition) is 2. The predicted molar refractivity (Wildman–Crippen MR) is 84.9 cm³/mol. The van der Waals surface area contributed by atoms with Crippen LogP contribution in [0.4, 0.5) is 11.4 Å². The second kappa shape index (κ2) is 5.90. The van der Waals surface area contributed by atoms with Crippen LogP contribution in [0.15, 0.2) is 39.8 Å². The zero-order chi connectivity index (χ0) is 15.6. The van der Waals surface area contributed by atoms with Crippen molar-refractivity contribution in [3.8, 4) is 5.75 Å². The number of ether oxygens (including phenoxy) is 1. The highest BCUT2D eigenvalue weighted by Crippen LogP contribution is 2.33. The number of hydrogen-bond acceptors (Lipinski definition) is 5. The minimum absolute atomic E-state index is 0.0359. The summed E-state index contributed by atoms with van der Waals surface area (Å²) in [5.41, 5.74) is 7.21. The normalized spacial score (nSPS) is 11.2. The number of rotatable bonds is 4. The molecule has 0 aliphatic carbocycles. The molecular weight excluding hydrogens is 358 g/mol.